The van der Waals surface area contributed by atoms with Crippen LogP contribution in [0.3, 0.4) is 0 Å². The van der Waals surface area contributed by atoms with E-state index in [-0.39, 0.29) is 0 Å². The first kappa shape index (κ1) is 13.3. The maximum Gasteiger partial charge on any atom is 0.0612 e. The largest absolute Gasteiger partial charge is 0.378 e. The van der Waals surface area contributed by atoms with E-state index in [0.717, 1.165) is 32.5 Å². The van der Waals surface area contributed by atoms with Gasteiger partial charge in [-0.25, -0.2) is 0 Å². The highest BCUT2D eigenvalue weighted by Gasteiger charge is 2.28. The quantitative estimate of drug-likeness (QED) is 0.822. The SMILES string of the molecule is CC1CC(NC2CCOC(C(C)C)C2)CCO1. The lowest BCUT2D eigenvalue weighted by Crippen LogP contribution is -2.48. The molecule has 0 aromatic carbocycles. The Morgan fingerprint density at radius 2 is 1.65 bits per heavy atom. The summed E-state index contributed by atoms with van der Waals surface area (Å²) in [5, 5.41) is 3.81. The molecule has 3 heteroatoms. The van der Waals surface area contributed by atoms with E-state index in [4.69, 9.17) is 9.47 Å². The van der Waals surface area contributed by atoms with E-state index >= 15 is 0 Å². The molecule has 0 aliphatic carbocycles. The molecule has 0 radical (unpaired) electrons. The topological polar surface area (TPSA) is 30.5 Å². The van der Waals surface area contributed by atoms with Crippen molar-refractivity contribution < 1.29 is 9.47 Å². The van der Waals surface area contributed by atoms with Gasteiger partial charge in [-0.3, -0.25) is 0 Å². The Hall–Kier alpha value is -0.120. The Morgan fingerprint density at radius 1 is 1.00 bits per heavy atom. The van der Waals surface area contributed by atoms with E-state index in [2.05, 4.69) is 26.1 Å². The highest BCUT2D eigenvalue weighted by Crippen LogP contribution is 2.22. The van der Waals surface area contributed by atoms with Crippen LogP contribution in [0.5, 0.6) is 0 Å². The van der Waals surface area contributed by atoms with Crippen LogP contribution in [-0.4, -0.2) is 37.5 Å². The Balaban J connectivity index is 1.78. The van der Waals surface area contributed by atoms with Crippen molar-refractivity contribution in [2.45, 2.75) is 70.7 Å². The minimum Gasteiger partial charge on any atom is -0.378 e. The number of hydrogen-bond donors (Lipinski definition) is 1. The molecule has 0 saturated carbocycles. The molecule has 2 saturated heterocycles. The van der Waals surface area contributed by atoms with E-state index < -0.39 is 0 Å². The lowest BCUT2D eigenvalue weighted by Gasteiger charge is -2.36. The van der Waals surface area contributed by atoms with Gasteiger partial charge in [0.15, 0.2) is 0 Å². The number of hydrogen-bond acceptors (Lipinski definition) is 3. The van der Waals surface area contributed by atoms with Crippen molar-refractivity contribution in [2.75, 3.05) is 13.2 Å². The zero-order valence-corrected chi connectivity index (χ0v) is 11.4. The van der Waals surface area contributed by atoms with Crippen molar-refractivity contribution in [2.24, 2.45) is 5.92 Å². The van der Waals surface area contributed by atoms with Gasteiger partial charge in [-0.15, -0.1) is 0 Å². The molecule has 4 unspecified atom stereocenters. The Morgan fingerprint density at radius 3 is 2.29 bits per heavy atom. The zero-order chi connectivity index (χ0) is 12.3. The highest BCUT2D eigenvalue weighted by atomic mass is 16.5. The summed E-state index contributed by atoms with van der Waals surface area (Å²) in [6.45, 7) is 8.51. The predicted molar refractivity (Wildman–Crippen MR) is 69.2 cm³/mol. The fraction of sp³-hybridized carbons (Fsp3) is 1.00. The normalized spacial score (nSPS) is 39.5. The summed E-state index contributed by atoms with van der Waals surface area (Å²) in [6.07, 6.45) is 5.51. The fourth-order valence-electron chi connectivity index (χ4n) is 2.93. The summed E-state index contributed by atoms with van der Waals surface area (Å²) >= 11 is 0. The third-order valence-electron chi connectivity index (χ3n) is 4.02. The van der Waals surface area contributed by atoms with Gasteiger partial charge >= 0.3 is 0 Å². The van der Waals surface area contributed by atoms with E-state index in [1.807, 2.05) is 0 Å². The van der Waals surface area contributed by atoms with Gasteiger partial charge in [0.1, 0.15) is 0 Å². The van der Waals surface area contributed by atoms with Crippen LogP contribution < -0.4 is 5.32 Å². The molecule has 0 aromatic rings. The van der Waals surface area contributed by atoms with Gasteiger partial charge in [-0.2, -0.15) is 0 Å². The summed E-state index contributed by atoms with van der Waals surface area (Å²) < 4.78 is 11.4. The molecule has 100 valence electrons. The second kappa shape index (κ2) is 6.17. The molecule has 2 aliphatic rings. The molecule has 3 nitrogen and oxygen atoms in total. The Labute approximate surface area is 105 Å². The van der Waals surface area contributed by atoms with Crippen molar-refractivity contribution >= 4 is 0 Å². The average molecular weight is 241 g/mol. The number of rotatable bonds is 3. The van der Waals surface area contributed by atoms with E-state index in [1.54, 1.807) is 0 Å². The van der Waals surface area contributed by atoms with Crippen LogP contribution in [0.2, 0.25) is 0 Å². The minimum absolute atomic E-state index is 0.419. The third kappa shape index (κ3) is 3.94. The van der Waals surface area contributed by atoms with Crippen LogP contribution in [0.15, 0.2) is 0 Å². The molecule has 2 aliphatic heterocycles. The van der Waals surface area contributed by atoms with E-state index in [0.29, 0.717) is 30.2 Å². The summed E-state index contributed by atoms with van der Waals surface area (Å²) in [4.78, 5) is 0. The van der Waals surface area contributed by atoms with Crippen molar-refractivity contribution in [3.05, 3.63) is 0 Å². The summed E-state index contributed by atoms with van der Waals surface area (Å²) in [6, 6.07) is 1.29. The first-order valence-electron chi connectivity index (χ1n) is 7.14. The average Bonchev–Trinajstić information content (AvgIpc) is 2.29. The van der Waals surface area contributed by atoms with Gasteiger partial charge in [-0.05, 0) is 38.5 Å². The van der Waals surface area contributed by atoms with Gasteiger partial charge in [0.05, 0.1) is 12.2 Å². The van der Waals surface area contributed by atoms with Gasteiger partial charge in [0, 0.05) is 25.3 Å². The molecule has 0 bridgehead atoms. The van der Waals surface area contributed by atoms with Crippen LogP contribution in [0.1, 0.15) is 46.5 Å². The van der Waals surface area contributed by atoms with Crippen molar-refractivity contribution in [1.82, 2.24) is 5.32 Å². The van der Waals surface area contributed by atoms with Gasteiger partial charge < -0.3 is 14.8 Å². The lowest BCUT2D eigenvalue weighted by molar-refractivity contribution is -0.0332. The highest BCUT2D eigenvalue weighted by molar-refractivity contribution is 4.83. The first-order valence-corrected chi connectivity index (χ1v) is 7.14. The molecule has 2 heterocycles. The molecule has 0 amide bonds. The maximum atomic E-state index is 5.82. The van der Waals surface area contributed by atoms with Crippen molar-refractivity contribution in [1.29, 1.82) is 0 Å². The van der Waals surface area contributed by atoms with Gasteiger partial charge in [-0.1, -0.05) is 13.8 Å². The summed E-state index contributed by atoms with van der Waals surface area (Å²) in [5.41, 5.74) is 0. The monoisotopic (exact) mass is 241 g/mol. The number of nitrogens with one attached hydrogen (secondary N) is 1. The van der Waals surface area contributed by atoms with Crippen molar-refractivity contribution in [3.8, 4) is 0 Å². The lowest BCUT2D eigenvalue weighted by atomic mass is 9.93. The van der Waals surface area contributed by atoms with Crippen LogP contribution in [0.25, 0.3) is 0 Å². The molecule has 2 fully saturated rings. The molecule has 0 aromatic heterocycles. The zero-order valence-electron chi connectivity index (χ0n) is 11.4. The van der Waals surface area contributed by atoms with Crippen LogP contribution in [0.4, 0.5) is 0 Å². The fourth-order valence-corrected chi connectivity index (χ4v) is 2.93. The predicted octanol–water partition coefficient (Wildman–Crippen LogP) is 2.35. The van der Waals surface area contributed by atoms with Crippen LogP contribution in [0, 0.1) is 5.92 Å². The standard InChI is InChI=1S/C14H27NO2/c1-10(2)14-9-13(5-7-17-14)15-12-4-6-16-11(3)8-12/h10-15H,4-9H2,1-3H3. The maximum absolute atomic E-state index is 5.82. The first-order chi connectivity index (χ1) is 8.15. The molecule has 2 rings (SSSR count). The van der Waals surface area contributed by atoms with E-state index in [9.17, 15) is 0 Å². The van der Waals surface area contributed by atoms with E-state index in [1.165, 1.54) is 6.42 Å². The number of ether oxygens (including phenoxy) is 2. The molecule has 0 spiro atoms. The third-order valence-corrected chi connectivity index (χ3v) is 4.02. The summed E-state index contributed by atoms with van der Waals surface area (Å²) in [5.74, 6) is 0.633. The van der Waals surface area contributed by atoms with Crippen molar-refractivity contribution in [3.63, 3.8) is 0 Å². The van der Waals surface area contributed by atoms with Gasteiger partial charge in [0.2, 0.25) is 0 Å². The molecule has 17 heavy (non-hydrogen) atoms. The van der Waals surface area contributed by atoms with Crippen LogP contribution in [-0.2, 0) is 9.47 Å². The summed E-state index contributed by atoms with van der Waals surface area (Å²) in [7, 11) is 0. The van der Waals surface area contributed by atoms with Crippen LogP contribution >= 0.6 is 0 Å². The second-order valence-corrected chi connectivity index (χ2v) is 5.94. The Kier molecular flexibility index (Phi) is 4.83. The molecule has 1 N–H and O–H groups in total. The minimum atomic E-state index is 0.419. The van der Waals surface area contributed by atoms with Gasteiger partial charge in [0.25, 0.3) is 0 Å². The molecule has 4 atom stereocenters. The second-order valence-electron chi connectivity index (χ2n) is 5.94. The molecular formula is C14H27NO2. The molecular weight excluding hydrogens is 214 g/mol. The smallest absolute Gasteiger partial charge is 0.0612 e. The Bertz CT molecular complexity index is 232.